The molecule has 0 aliphatic rings. The van der Waals surface area contributed by atoms with E-state index in [4.69, 9.17) is 5.11 Å². The molecule has 2 N–H and O–H groups in total. The molecular weight excluding hydrogens is 212 g/mol. The van der Waals surface area contributed by atoms with Gasteiger partial charge in [0.05, 0.1) is 17.7 Å². The van der Waals surface area contributed by atoms with Gasteiger partial charge in [0.2, 0.25) is 0 Å². The van der Waals surface area contributed by atoms with Crippen LogP contribution in [0.1, 0.15) is 25.5 Å². The van der Waals surface area contributed by atoms with Crippen molar-refractivity contribution in [2.24, 2.45) is 0 Å². The molecule has 4 nitrogen and oxygen atoms in total. The summed E-state index contributed by atoms with van der Waals surface area (Å²) < 4.78 is 0. The van der Waals surface area contributed by atoms with Gasteiger partial charge in [0.1, 0.15) is 6.33 Å². The number of aromatic nitrogens is 2. The maximum absolute atomic E-state index is 9.18. The molecule has 0 saturated heterocycles. The first-order valence-corrected chi connectivity index (χ1v) is 5.85. The van der Waals surface area contributed by atoms with Crippen molar-refractivity contribution in [3.8, 4) is 0 Å². The van der Waals surface area contributed by atoms with Gasteiger partial charge in [-0.25, -0.2) is 9.97 Å². The molecule has 1 atom stereocenters. The minimum absolute atomic E-state index is 0.213. The Morgan fingerprint density at radius 2 is 2.13 bits per heavy atom. The van der Waals surface area contributed by atoms with Crippen molar-refractivity contribution in [3.05, 3.63) is 18.1 Å². The molecule has 0 aliphatic heterocycles. The largest absolute Gasteiger partial charge is 0.394 e. The van der Waals surface area contributed by atoms with Gasteiger partial charge in [0, 0.05) is 11.4 Å². The number of aliphatic hydroxyl groups excluding tert-OH is 2. The molecule has 1 heterocycles. The van der Waals surface area contributed by atoms with Crippen LogP contribution in [0.2, 0.25) is 0 Å². The quantitative estimate of drug-likeness (QED) is 0.582. The van der Waals surface area contributed by atoms with Crippen LogP contribution in [0.3, 0.4) is 0 Å². The van der Waals surface area contributed by atoms with Crippen molar-refractivity contribution in [3.63, 3.8) is 0 Å². The average molecular weight is 228 g/mol. The molecule has 0 spiro atoms. The molecule has 0 amide bonds. The summed E-state index contributed by atoms with van der Waals surface area (Å²) in [6.07, 6.45) is 0.843. The van der Waals surface area contributed by atoms with Crippen molar-refractivity contribution < 1.29 is 10.2 Å². The highest BCUT2D eigenvalue weighted by Gasteiger charge is 2.06. The van der Waals surface area contributed by atoms with Crippen LogP contribution in [0.25, 0.3) is 0 Å². The van der Waals surface area contributed by atoms with Gasteiger partial charge in [-0.15, -0.1) is 11.8 Å². The summed E-state index contributed by atoms with van der Waals surface area (Å²) in [5.74, 6) is 0.820. The smallest absolute Gasteiger partial charge is 0.116 e. The first kappa shape index (κ1) is 12.4. The number of aliphatic hydroxyl groups is 2. The summed E-state index contributed by atoms with van der Waals surface area (Å²) in [5.41, 5.74) is 0.992. The predicted molar refractivity (Wildman–Crippen MR) is 59.9 cm³/mol. The van der Waals surface area contributed by atoms with E-state index in [1.165, 1.54) is 18.1 Å². The zero-order chi connectivity index (χ0) is 11.3. The van der Waals surface area contributed by atoms with Crippen molar-refractivity contribution in [1.29, 1.82) is 0 Å². The highest BCUT2D eigenvalue weighted by molar-refractivity contribution is 7.99. The second-order valence-corrected chi connectivity index (χ2v) is 4.62. The van der Waals surface area contributed by atoms with E-state index < -0.39 is 6.10 Å². The Morgan fingerprint density at radius 3 is 2.73 bits per heavy atom. The van der Waals surface area contributed by atoms with Crippen molar-refractivity contribution in [1.82, 2.24) is 9.97 Å². The lowest BCUT2D eigenvalue weighted by molar-refractivity contribution is 0.113. The molecular formula is C10H16N2O2S. The Bertz CT molecular complexity index is 307. The topological polar surface area (TPSA) is 66.2 Å². The van der Waals surface area contributed by atoms with E-state index in [0.29, 0.717) is 11.7 Å². The van der Waals surface area contributed by atoms with E-state index in [1.54, 1.807) is 0 Å². The van der Waals surface area contributed by atoms with Crippen LogP contribution < -0.4 is 0 Å². The summed E-state index contributed by atoms with van der Waals surface area (Å²) in [6, 6.07) is 1.92. The molecule has 1 aromatic rings. The third-order valence-electron chi connectivity index (χ3n) is 1.89. The molecule has 0 aromatic carbocycles. The summed E-state index contributed by atoms with van der Waals surface area (Å²) >= 11 is 1.42. The van der Waals surface area contributed by atoms with Crippen LogP contribution in [0.15, 0.2) is 17.4 Å². The van der Waals surface area contributed by atoms with E-state index in [-0.39, 0.29) is 6.61 Å². The number of hydrogen-bond acceptors (Lipinski definition) is 5. The van der Waals surface area contributed by atoms with Crippen LogP contribution in [0, 0.1) is 0 Å². The van der Waals surface area contributed by atoms with Crippen molar-refractivity contribution in [2.75, 3.05) is 12.4 Å². The fourth-order valence-electron chi connectivity index (χ4n) is 0.982. The standard InChI is InChI=1S/C10H16N2O2S/c1-7(2)9-3-10(12-6-11-9)15-5-8(14)4-13/h3,6-8,13-14H,4-5H2,1-2H3. The zero-order valence-electron chi connectivity index (χ0n) is 8.92. The number of thioether (sulfide) groups is 1. The van der Waals surface area contributed by atoms with E-state index in [0.717, 1.165) is 10.7 Å². The molecule has 1 rings (SSSR count). The Morgan fingerprint density at radius 1 is 1.40 bits per heavy atom. The Balaban J connectivity index is 2.58. The lowest BCUT2D eigenvalue weighted by Gasteiger charge is -2.08. The first-order valence-electron chi connectivity index (χ1n) is 4.87. The Hall–Kier alpha value is -0.650. The fraction of sp³-hybridized carbons (Fsp3) is 0.600. The molecule has 0 aliphatic carbocycles. The molecule has 0 radical (unpaired) electrons. The van der Waals surface area contributed by atoms with E-state index >= 15 is 0 Å². The maximum Gasteiger partial charge on any atom is 0.116 e. The van der Waals surface area contributed by atoms with E-state index in [2.05, 4.69) is 23.8 Å². The molecule has 15 heavy (non-hydrogen) atoms. The molecule has 0 fully saturated rings. The van der Waals surface area contributed by atoms with Gasteiger partial charge >= 0.3 is 0 Å². The van der Waals surface area contributed by atoms with Gasteiger partial charge in [-0.1, -0.05) is 13.8 Å². The third kappa shape index (κ3) is 4.15. The van der Waals surface area contributed by atoms with Crippen LogP contribution in [0.4, 0.5) is 0 Å². The second kappa shape index (κ2) is 6.05. The number of hydrogen-bond donors (Lipinski definition) is 2. The number of rotatable bonds is 5. The molecule has 0 bridgehead atoms. The van der Waals surface area contributed by atoms with Gasteiger partial charge < -0.3 is 10.2 Å². The number of nitrogens with zero attached hydrogens (tertiary/aromatic N) is 2. The molecule has 84 valence electrons. The monoisotopic (exact) mass is 228 g/mol. The van der Waals surface area contributed by atoms with Gasteiger partial charge in [0.15, 0.2) is 0 Å². The van der Waals surface area contributed by atoms with Gasteiger partial charge in [0.25, 0.3) is 0 Å². The molecule has 0 saturated carbocycles. The molecule has 1 aromatic heterocycles. The average Bonchev–Trinajstić information content (AvgIpc) is 2.26. The lowest BCUT2D eigenvalue weighted by Crippen LogP contribution is -2.14. The molecule has 1 unspecified atom stereocenters. The van der Waals surface area contributed by atoms with Gasteiger partial charge in [-0.3, -0.25) is 0 Å². The zero-order valence-corrected chi connectivity index (χ0v) is 9.74. The minimum Gasteiger partial charge on any atom is -0.394 e. The summed E-state index contributed by atoms with van der Waals surface area (Å²) in [6.45, 7) is 3.92. The summed E-state index contributed by atoms with van der Waals surface area (Å²) in [7, 11) is 0. The van der Waals surface area contributed by atoms with Crippen LogP contribution in [-0.2, 0) is 0 Å². The highest BCUT2D eigenvalue weighted by atomic mass is 32.2. The van der Waals surface area contributed by atoms with Crippen molar-refractivity contribution in [2.45, 2.75) is 30.9 Å². The Labute approximate surface area is 93.8 Å². The highest BCUT2D eigenvalue weighted by Crippen LogP contribution is 2.19. The summed E-state index contributed by atoms with van der Waals surface area (Å²) in [4.78, 5) is 8.24. The lowest BCUT2D eigenvalue weighted by atomic mass is 10.1. The van der Waals surface area contributed by atoms with Crippen molar-refractivity contribution >= 4 is 11.8 Å². The van der Waals surface area contributed by atoms with Crippen LogP contribution in [0.5, 0.6) is 0 Å². The van der Waals surface area contributed by atoms with Crippen LogP contribution >= 0.6 is 11.8 Å². The normalized spacial score (nSPS) is 13.1. The summed E-state index contributed by atoms with van der Waals surface area (Å²) in [5, 5.41) is 18.7. The maximum atomic E-state index is 9.18. The third-order valence-corrected chi connectivity index (χ3v) is 2.96. The fourth-order valence-corrected chi connectivity index (χ4v) is 1.78. The molecule has 5 heteroatoms. The Kier molecular flexibility index (Phi) is 5.01. The predicted octanol–water partition coefficient (Wildman–Crippen LogP) is 1.05. The van der Waals surface area contributed by atoms with Gasteiger partial charge in [-0.2, -0.15) is 0 Å². The first-order chi connectivity index (χ1) is 7.13. The SMILES string of the molecule is CC(C)c1cc(SCC(O)CO)ncn1. The minimum atomic E-state index is -0.688. The van der Waals surface area contributed by atoms with Gasteiger partial charge in [-0.05, 0) is 12.0 Å². The van der Waals surface area contributed by atoms with E-state index in [1.807, 2.05) is 6.07 Å². The second-order valence-electron chi connectivity index (χ2n) is 3.58. The van der Waals surface area contributed by atoms with E-state index in [9.17, 15) is 5.11 Å². The van der Waals surface area contributed by atoms with Crippen LogP contribution in [-0.4, -0.2) is 38.6 Å².